The van der Waals surface area contributed by atoms with E-state index in [1.54, 1.807) is 0 Å². The van der Waals surface area contributed by atoms with E-state index in [0.29, 0.717) is 0 Å². The SMILES string of the molecule is CCN(CC1CCCCN1)C1CN2CCC1CC2. The maximum Gasteiger partial charge on any atom is 0.0252 e. The van der Waals surface area contributed by atoms with E-state index in [9.17, 15) is 0 Å². The van der Waals surface area contributed by atoms with Crippen LogP contribution in [0.1, 0.15) is 39.0 Å². The largest absolute Gasteiger partial charge is 0.313 e. The molecule has 4 fully saturated rings. The zero-order valence-corrected chi connectivity index (χ0v) is 11.9. The summed E-state index contributed by atoms with van der Waals surface area (Å²) in [7, 11) is 0. The van der Waals surface area contributed by atoms with Crippen molar-refractivity contribution >= 4 is 0 Å². The predicted octanol–water partition coefficient (Wildman–Crippen LogP) is 1.54. The highest BCUT2D eigenvalue weighted by Crippen LogP contribution is 2.31. The smallest absolute Gasteiger partial charge is 0.0252 e. The van der Waals surface area contributed by atoms with Crippen LogP contribution in [0.2, 0.25) is 0 Å². The molecule has 0 radical (unpaired) electrons. The maximum atomic E-state index is 3.71. The molecule has 0 aliphatic carbocycles. The van der Waals surface area contributed by atoms with Gasteiger partial charge in [-0.2, -0.15) is 0 Å². The monoisotopic (exact) mass is 251 g/mol. The average Bonchev–Trinajstić information content (AvgIpc) is 2.47. The molecular formula is C15H29N3. The minimum absolute atomic E-state index is 0.758. The number of piperidine rings is 4. The van der Waals surface area contributed by atoms with Crippen molar-refractivity contribution in [2.45, 2.75) is 51.1 Å². The van der Waals surface area contributed by atoms with Crippen molar-refractivity contribution in [1.82, 2.24) is 15.1 Å². The standard InChI is InChI=1S/C15H29N3/c1-2-18(11-14-5-3-4-8-16-14)15-12-17-9-6-13(15)7-10-17/h13-16H,2-12H2,1H3. The van der Waals surface area contributed by atoms with E-state index in [0.717, 1.165) is 18.0 Å². The minimum atomic E-state index is 0.758. The third-order valence-corrected chi connectivity index (χ3v) is 5.36. The summed E-state index contributed by atoms with van der Waals surface area (Å²) in [4.78, 5) is 5.46. The van der Waals surface area contributed by atoms with Gasteiger partial charge in [-0.3, -0.25) is 4.90 Å². The molecule has 1 N–H and O–H groups in total. The summed E-state index contributed by atoms with van der Waals surface area (Å²) in [5.74, 6) is 0.985. The van der Waals surface area contributed by atoms with Gasteiger partial charge in [0.25, 0.3) is 0 Å². The zero-order chi connectivity index (χ0) is 12.4. The van der Waals surface area contributed by atoms with Crippen LogP contribution in [0, 0.1) is 5.92 Å². The van der Waals surface area contributed by atoms with Crippen LogP contribution in [0.15, 0.2) is 0 Å². The van der Waals surface area contributed by atoms with Crippen molar-refractivity contribution in [3.63, 3.8) is 0 Å². The number of rotatable bonds is 4. The minimum Gasteiger partial charge on any atom is -0.313 e. The number of fused-ring (bicyclic) bond motifs is 3. The molecule has 2 unspecified atom stereocenters. The third-order valence-electron chi connectivity index (χ3n) is 5.36. The van der Waals surface area contributed by atoms with Crippen LogP contribution in [-0.2, 0) is 0 Å². The van der Waals surface area contributed by atoms with E-state index < -0.39 is 0 Å². The van der Waals surface area contributed by atoms with E-state index in [4.69, 9.17) is 0 Å². The van der Waals surface area contributed by atoms with E-state index in [2.05, 4.69) is 22.0 Å². The summed E-state index contributed by atoms with van der Waals surface area (Å²) in [6, 6.07) is 1.61. The highest BCUT2D eigenvalue weighted by atomic mass is 15.3. The highest BCUT2D eigenvalue weighted by molar-refractivity contribution is 4.93. The summed E-state index contributed by atoms with van der Waals surface area (Å²) >= 11 is 0. The molecule has 2 bridgehead atoms. The number of likely N-dealkylation sites (N-methyl/N-ethyl adjacent to an activating group) is 1. The molecule has 0 aromatic rings. The Kier molecular flexibility index (Phi) is 4.22. The highest BCUT2D eigenvalue weighted by Gasteiger charge is 2.37. The second kappa shape index (κ2) is 5.89. The number of hydrogen-bond acceptors (Lipinski definition) is 3. The Bertz CT molecular complexity index is 254. The lowest BCUT2D eigenvalue weighted by molar-refractivity contribution is 0.00257. The van der Waals surface area contributed by atoms with Gasteiger partial charge < -0.3 is 10.2 Å². The van der Waals surface area contributed by atoms with Crippen molar-refractivity contribution in [3.05, 3.63) is 0 Å². The Morgan fingerprint density at radius 1 is 1.17 bits per heavy atom. The Balaban J connectivity index is 1.57. The van der Waals surface area contributed by atoms with Gasteiger partial charge in [-0.05, 0) is 57.8 Å². The molecule has 0 spiro atoms. The van der Waals surface area contributed by atoms with Gasteiger partial charge in [0.15, 0.2) is 0 Å². The molecule has 0 amide bonds. The molecular weight excluding hydrogens is 222 g/mol. The van der Waals surface area contributed by atoms with E-state index in [1.807, 2.05) is 0 Å². The van der Waals surface area contributed by atoms with Crippen LogP contribution >= 0.6 is 0 Å². The summed E-state index contributed by atoms with van der Waals surface area (Å²) in [5.41, 5.74) is 0. The summed E-state index contributed by atoms with van der Waals surface area (Å²) in [5, 5.41) is 3.71. The molecule has 3 heteroatoms. The Morgan fingerprint density at radius 2 is 2.00 bits per heavy atom. The first-order valence-electron chi connectivity index (χ1n) is 8.06. The van der Waals surface area contributed by atoms with Crippen LogP contribution in [0.25, 0.3) is 0 Å². The average molecular weight is 251 g/mol. The van der Waals surface area contributed by atoms with Crippen LogP contribution in [-0.4, -0.2) is 61.2 Å². The Labute approximate surface area is 112 Å². The fourth-order valence-electron chi connectivity index (χ4n) is 4.21. The first-order valence-corrected chi connectivity index (χ1v) is 8.06. The lowest BCUT2D eigenvalue weighted by atomic mass is 9.83. The third kappa shape index (κ3) is 2.73. The molecule has 0 aromatic carbocycles. The van der Waals surface area contributed by atoms with Gasteiger partial charge in [-0.1, -0.05) is 13.3 Å². The zero-order valence-electron chi connectivity index (χ0n) is 11.9. The lowest BCUT2D eigenvalue weighted by Gasteiger charge is -2.49. The van der Waals surface area contributed by atoms with Gasteiger partial charge in [-0.15, -0.1) is 0 Å². The molecule has 0 saturated carbocycles. The molecule has 2 atom stereocenters. The summed E-state index contributed by atoms with van der Waals surface area (Å²) < 4.78 is 0. The molecule has 4 heterocycles. The number of nitrogens with zero attached hydrogens (tertiary/aromatic N) is 2. The van der Waals surface area contributed by atoms with Crippen LogP contribution in [0.3, 0.4) is 0 Å². The second-order valence-electron chi connectivity index (χ2n) is 6.44. The van der Waals surface area contributed by atoms with Gasteiger partial charge in [0.05, 0.1) is 0 Å². The van der Waals surface area contributed by atoms with Crippen molar-refractivity contribution in [1.29, 1.82) is 0 Å². The molecule has 4 aliphatic heterocycles. The van der Waals surface area contributed by atoms with E-state index >= 15 is 0 Å². The maximum absolute atomic E-state index is 3.71. The summed E-state index contributed by atoms with van der Waals surface area (Å²) in [6.07, 6.45) is 7.08. The van der Waals surface area contributed by atoms with E-state index in [1.165, 1.54) is 71.4 Å². The topological polar surface area (TPSA) is 18.5 Å². The normalized spacial score (nSPS) is 40.3. The molecule has 4 saturated heterocycles. The van der Waals surface area contributed by atoms with E-state index in [-0.39, 0.29) is 0 Å². The first kappa shape index (κ1) is 12.9. The van der Waals surface area contributed by atoms with Gasteiger partial charge in [0, 0.05) is 25.2 Å². The van der Waals surface area contributed by atoms with Crippen molar-refractivity contribution in [2.24, 2.45) is 5.92 Å². The molecule has 0 aromatic heterocycles. The molecule has 18 heavy (non-hydrogen) atoms. The van der Waals surface area contributed by atoms with Gasteiger partial charge >= 0.3 is 0 Å². The van der Waals surface area contributed by atoms with Gasteiger partial charge in [0.1, 0.15) is 0 Å². The fraction of sp³-hybridized carbons (Fsp3) is 1.00. The Hall–Kier alpha value is -0.120. The van der Waals surface area contributed by atoms with Crippen molar-refractivity contribution < 1.29 is 0 Å². The molecule has 4 aliphatic rings. The second-order valence-corrected chi connectivity index (χ2v) is 6.44. The first-order chi connectivity index (χ1) is 8.86. The van der Waals surface area contributed by atoms with Gasteiger partial charge in [-0.25, -0.2) is 0 Å². The van der Waals surface area contributed by atoms with Crippen LogP contribution in [0.5, 0.6) is 0 Å². The summed E-state index contributed by atoms with van der Waals surface area (Å²) in [6.45, 7) is 10.2. The predicted molar refractivity (Wildman–Crippen MR) is 75.8 cm³/mol. The Morgan fingerprint density at radius 3 is 2.56 bits per heavy atom. The van der Waals surface area contributed by atoms with Crippen LogP contribution < -0.4 is 5.32 Å². The van der Waals surface area contributed by atoms with Crippen molar-refractivity contribution in [3.8, 4) is 0 Å². The van der Waals surface area contributed by atoms with Crippen molar-refractivity contribution in [2.75, 3.05) is 39.3 Å². The molecule has 3 nitrogen and oxygen atoms in total. The molecule has 4 rings (SSSR count). The molecule has 104 valence electrons. The van der Waals surface area contributed by atoms with Gasteiger partial charge in [0.2, 0.25) is 0 Å². The van der Waals surface area contributed by atoms with Crippen LogP contribution in [0.4, 0.5) is 0 Å². The lowest BCUT2D eigenvalue weighted by Crippen LogP contribution is -2.59. The quantitative estimate of drug-likeness (QED) is 0.818. The fourth-order valence-corrected chi connectivity index (χ4v) is 4.21. The number of nitrogens with one attached hydrogen (secondary N) is 1. The number of hydrogen-bond donors (Lipinski definition) is 1.